The van der Waals surface area contributed by atoms with E-state index >= 15 is 0 Å². The minimum absolute atomic E-state index is 0.232. The second-order valence-electron chi connectivity index (χ2n) is 3.25. The molecule has 0 aromatic carbocycles. The zero-order valence-electron chi connectivity index (χ0n) is 8.91. The molecule has 0 saturated carbocycles. The predicted molar refractivity (Wildman–Crippen MR) is 59.3 cm³/mol. The predicted octanol–water partition coefficient (Wildman–Crippen LogP) is 3.54. The van der Waals surface area contributed by atoms with Crippen molar-refractivity contribution in [3.8, 4) is 0 Å². The Hall–Kier alpha value is -1.05. The molecule has 0 aliphatic carbocycles. The molecule has 0 heterocycles. The van der Waals surface area contributed by atoms with E-state index in [1.54, 1.807) is 0 Å². The molecule has 0 radical (unpaired) electrons. The number of carbonyl (C=O) groups is 1. The molecule has 0 saturated heterocycles. The van der Waals surface area contributed by atoms with Gasteiger partial charge in [0, 0.05) is 6.42 Å². The van der Waals surface area contributed by atoms with E-state index in [4.69, 9.17) is 5.11 Å². The summed E-state index contributed by atoms with van der Waals surface area (Å²) in [7, 11) is 0. The van der Waals surface area contributed by atoms with Crippen LogP contribution in [0.3, 0.4) is 0 Å². The Labute approximate surface area is 86.3 Å². The number of hydrogen-bond acceptors (Lipinski definition) is 1. The highest BCUT2D eigenvalue weighted by atomic mass is 16.4. The molecule has 1 N–H and O–H groups in total. The topological polar surface area (TPSA) is 37.3 Å². The quantitative estimate of drug-likeness (QED) is 0.476. The van der Waals surface area contributed by atoms with Gasteiger partial charge in [0.05, 0.1) is 0 Å². The zero-order valence-corrected chi connectivity index (χ0v) is 8.91. The lowest BCUT2D eigenvalue weighted by molar-refractivity contribution is -0.136. The average molecular weight is 196 g/mol. The second-order valence-corrected chi connectivity index (χ2v) is 3.25. The summed E-state index contributed by atoms with van der Waals surface area (Å²) in [6.45, 7) is 2.18. The Morgan fingerprint density at radius 3 is 2.36 bits per heavy atom. The number of hydrogen-bond donors (Lipinski definition) is 1. The van der Waals surface area contributed by atoms with Gasteiger partial charge < -0.3 is 5.11 Å². The fourth-order valence-corrected chi connectivity index (χ4v) is 1.04. The highest BCUT2D eigenvalue weighted by Gasteiger charge is 1.90. The molecule has 14 heavy (non-hydrogen) atoms. The Balaban J connectivity index is 3.25. The van der Waals surface area contributed by atoms with Gasteiger partial charge in [0.2, 0.25) is 0 Å². The lowest BCUT2D eigenvalue weighted by Gasteiger charge is -1.88. The first-order valence-electron chi connectivity index (χ1n) is 5.29. The van der Waals surface area contributed by atoms with Crippen LogP contribution in [0.5, 0.6) is 0 Å². The lowest BCUT2D eigenvalue weighted by Crippen LogP contribution is -1.91. The summed E-state index contributed by atoms with van der Waals surface area (Å²) in [4.78, 5) is 10.2. The van der Waals surface area contributed by atoms with Gasteiger partial charge in [-0.25, -0.2) is 0 Å². The van der Waals surface area contributed by atoms with E-state index in [0.717, 1.165) is 12.8 Å². The summed E-state index contributed by atoms with van der Waals surface area (Å²) in [5, 5.41) is 8.37. The third kappa shape index (κ3) is 11.0. The van der Waals surface area contributed by atoms with Crippen LogP contribution >= 0.6 is 0 Å². The molecule has 0 amide bonds. The van der Waals surface area contributed by atoms with Crippen LogP contribution in [0.2, 0.25) is 0 Å². The highest BCUT2D eigenvalue weighted by molar-refractivity contribution is 5.66. The van der Waals surface area contributed by atoms with Crippen LogP contribution < -0.4 is 0 Å². The van der Waals surface area contributed by atoms with Crippen molar-refractivity contribution >= 4 is 5.97 Å². The number of carboxylic acid groups (broad SMARTS) is 1. The minimum atomic E-state index is -0.729. The molecule has 0 spiro atoms. The molecule has 0 aromatic rings. The second kappa shape index (κ2) is 10.0. The van der Waals surface area contributed by atoms with E-state index in [-0.39, 0.29) is 6.42 Å². The Kier molecular flexibility index (Phi) is 9.28. The number of aliphatic carboxylic acids is 1. The maximum atomic E-state index is 10.2. The van der Waals surface area contributed by atoms with Gasteiger partial charge in [0.15, 0.2) is 0 Å². The molecule has 0 bridgehead atoms. The monoisotopic (exact) mass is 196 g/mol. The van der Waals surface area contributed by atoms with Crippen LogP contribution in [0.25, 0.3) is 0 Å². The van der Waals surface area contributed by atoms with E-state index in [2.05, 4.69) is 19.1 Å². The van der Waals surface area contributed by atoms with Gasteiger partial charge >= 0.3 is 5.97 Å². The minimum Gasteiger partial charge on any atom is -0.481 e. The Morgan fingerprint density at radius 2 is 1.79 bits per heavy atom. The van der Waals surface area contributed by atoms with Crippen molar-refractivity contribution in [2.24, 2.45) is 0 Å². The van der Waals surface area contributed by atoms with Gasteiger partial charge in [-0.15, -0.1) is 0 Å². The van der Waals surface area contributed by atoms with Gasteiger partial charge in [-0.1, -0.05) is 44.1 Å². The number of unbranched alkanes of at least 4 members (excludes halogenated alkanes) is 2. The Bertz CT molecular complexity index is 192. The molecular weight excluding hydrogens is 176 g/mol. The van der Waals surface area contributed by atoms with Crippen LogP contribution in [0, 0.1) is 0 Å². The summed E-state index contributed by atoms with van der Waals surface area (Å²) in [5.41, 5.74) is 0. The van der Waals surface area contributed by atoms with E-state index < -0.39 is 5.97 Å². The van der Waals surface area contributed by atoms with Crippen LogP contribution in [-0.4, -0.2) is 11.1 Å². The van der Waals surface area contributed by atoms with Gasteiger partial charge in [-0.2, -0.15) is 0 Å². The molecule has 2 nitrogen and oxygen atoms in total. The first-order chi connectivity index (χ1) is 6.77. The molecule has 0 atom stereocenters. The Morgan fingerprint density at radius 1 is 1.14 bits per heavy atom. The van der Waals surface area contributed by atoms with Gasteiger partial charge in [-0.3, -0.25) is 4.79 Å². The van der Waals surface area contributed by atoms with Crippen LogP contribution in [0.1, 0.15) is 45.4 Å². The van der Waals surface area contributed by atoms with Crippen molar-refractivity contribution in [3.05, 3.63) is 24.3 Å². The number of allylic oxidation sites excluding steroid dienone is 4. The molecule has 0 fully saturated rings. The molecule has 0 aliphatic rings. The summed E-state index contributed by atoms with van der Waals surface area (Å²) < 4.78 is 0. The third-order valence-electron chi connectivity index (χ3n) is 1.85. The molecule has 80 valence electrons. The number of carboxylic acids is 1. The van der Waals surface area contributed by atoms with Crippen molar-refractivity contribution in [3.63, 3.8) is 0 Å². The summed E-state index contributed by atoms with van der Waals surface area (Å²) in [6, 6.07) is 0. The lowest BCUT2D eigenvalue weighted by atomic mass is 10.2. The summed E-state index contributed by atoms with van der Waals surface area (Å²) in [5.74, 6) is -0.729. The van der Waals surface area contributed by atoms with Gasteiger partial charge in [0.25, 0.3) is 0 Å². The largest absolute Gasteiger partial charge is 0.481 e. The highest BCUT2D eigenvalue weighted by Crippen LogP contribution is 1.97. The molecular formula is C12H20O2. The van der Waals surface area contributed by atoms with E-state index in [9.17, 15) is 4.79 Å². The van der Waals surface area contributed by atoms with Crippen molar-refractivity contribution in [1.29, 1.82) is 0 Å². The van der Waals surface area contributed by atoms with E-state index in [1.807, 2.05) is 12.2 Å². The summed E-state index contributed by atoms with van der Waals surface area (Å²) in [6.07, 6.45) is 13.7. The van der Waals surface area contributed by atoms with Gasteiger partial charge in [0.1, 0.15) is 0 Å². The third-order valence-corrected chi connectivity index (χ3v) is 1.85. The van der Waals surface area contributed by atoms with Crippen molar-refractivity contribution in [1.82, 2.24) is 0 Å². The first-order valence-corrected chi connectivity index (χ1v) is 5.29. The van der Waals surface area contributed by atoms with Crippen molar-refractivity contribution in [2.45, 2.75) is 45.4 Å². The van der Waals surface area contributed by atoms with Crippen molar-refractivity contribution in [2.75, 3.05) is 0 Å². The fraction of sp³-hybridized carbons (Fsp3) is 0.583. The average Bonchev–Trinajstić information content (AvgIpc) is 2.15. The number of rotatable bonds is 8. The van der Waals surface area contributed by atoms with Crippen LogP contribution in [0.15, 0.2) is 24.3 Å². The molecule has 0 aromatic heterocycles. The molecule has 2 heteroatoms. The molecule has 0 unspecified atom stereocenters. The van der Waals surface area contributed by atoms with Gasteiger partial charge in [-0.05, 0) is 19.3 Å². The molecule has 0 aliphatic heterocycles. The maximum absolute atomic E-state index is 10.2. The molecule has 0 rings (SSSR count). The SMILES string of the molecule is CCCCC=CCC=CCCC(=O)O. The fourth-order valence-electron chi connectivity index (χ4n) is 1.04. The first kappa shape index (κ1) is 12.9. The standard InChI is InChI=1S/C12H20O2/c1-2-3-4-5-6-7-8-9-10-11-12(13)14/h5-6,8-9H,2-4,7,10-11H2,1H3,(H,13,14). The van der Waals surface area contributed by atoms with Crippen LogP contribution in [0.4, 0.5) is 0 Å². The maximum Gasteiger partial charge on any atom is 0.303 e. The van der Waals surface area contributed by atoms with Crippen LogP contribution in [-0.2, 0) is 4.79 Å². The normalized spacial score (nSPS) is 11.5. The zero-order chi connectivity index (χ0) is 10.6. The van der Waals surface area contributed by atoms with E-state index in [1.165, 1.54) is 12.8 Å². The summed E-state index contributed by atoms with van der Waals surface area (Å²) >= 11 is 0. The van der Waals surface area contributed by atoms with E-state index in [0.29, 0.717) is 6.42 Å². The smallest absolute Gasteiger partial charge is 0.303 e. The van der Waals surface area contributed by atoms with Crippen molar-refractivity contribution < 1.29 is 9.90 Å².